The van der Waals surface area contributed by atoms with Crippen LogP contribution < -0.4 is 0 Å². The van der Waals surface area contributed by atoms with Crippen molar-refractivity contribution in [1.29, 1.82) is 5.26 Å². The molecule has 0 amide bonds. The number of fused-ring (bicyclic) bond motifs is 6. The van der Waals surface area contributed by atoms with E-state index in [0.29, 0.717) is 11.5 Å². The van der Waals surface area contributed by atoms with Crippen LogP contribution in [0.5, 0.6) is 0 Å². The number of nitrogens with zero attached hydrogens (tertiary/aromatic N) is 3. The van der Waals surface area contributed by atoms with E-state index in [-0.39, 0.29) is 5.92 Å². The molecule has 8 aromatic rings. The van der Waals surface area contributed by atoms with Crippen LogP contribution in [0.2, 0.25) is 0 Å². The molecule has 0 bridgehead atoms. The van der Waals surface area contributed by atoms with Crippen molar-refractivity contribution in [3.8, 4) is 17.4 Å². The molecule has 0 saturated heterocycles. The lowest BCUT2D eigenvalue weighted by atomic mass is 9.78. The lowest BCUT2D eigenvalue weighted by Crippen LogP contribution is -2.13. The van der Waals surface area contributed by atoms with Gasteiger partial charge in [0, 0.05) is 33.2 Å². The minimum atomic E-state index is 0.107. The number of nitriles is 1. The first-order chi connectivity index (χ1) is 23.1. The third kappa shape index (κ3) is 4.48. The second-order valence-electron chi connectivity index (χ2n) is 12.6. The van der Waals surface area contributed by atoms with Crippen molar-refractivity contribution in [2.45, 2.75) is 26.7 Å². The van der Waals surface area contributed by atoms with E-state index >= 15 is 0 Å². The summed E-state index contributed by atoms with van der Waals surface area (Å²) in [5, 5.41) is 15.2. The molecule has 0 aliphatic rings. The Bertz CT molecular complexity index is 2430. The number of rotatable bonds is 6. The fourth-order valence-corrected chi connectivity index (χ4v) is 7.72. The molecule has 0 radical (unpaired) electrons. The van der Waals surface area contributed by atoms with Gasteiger partial charge in [0.2, 0.25) is 0 Å². The van der Waals surface area contributed by atoms with E-state index in [4.69, 9.17) is 0 Å². The lowest BCUT2D eigenvalue weighted by molar-refractivity contribution is 0.588. The van der Waals surface area contributed by atoms with Gasteiger partial charge in [0.15, 0.2) is 0 Å². The smallest absolute Gasteiger partial charge is 0.101 e. The van der Waals surface area contributed by atoms with Crippen LogP contribution >= 0.6 is 0 Å². The molecule has 1 atom stereocenters. The van der Waals surface area contributed by atoms with Crippen molar-refractivity contribution < 1.29 is 0 Å². The monoisotopic (exact) mass is 605 g/mol. The van der Waals surface area contributed by atoms with Gasteiger partial charge in [0.25, 0.3) is 0 Å². The van der Waals surface area contributed by atoms with Gasteiger partial charge in [-0.3, -0.25) is 0 Å². The molecule has 2 aromatic heterocycles. The molecule has 0 fully saturated rings. The second kappa shape index (κ2) is 11.5. The molecule has 6 aromatic carbocycles. The zero-order chi connectivity index (χ0) is 32.1. The predicted octanol–water partition coefficient (Wildman–Crippen LogP) is 11.6. The average molecular weight is 606 g/mol. The summed E-state index contributed by atoms with van der Waals surface area (Å²) in [5.41, 5.74) is 11.0. The van der Waals surface area contributed by atoms with Crippen molar-refractivity contribution in [3.63, 3.8) is 0 Å². The molecule has 0 spiro atoms. The Hall–Kier alpha value is -5.85. The SMILES string of the molecule is C/C=C(/c1ccc(C#N)c(-n2c3ccccc3c3ccccc32)c1)C(c1ccccc1-n1c2ccccc2c2ccccc21)C(C)C. The maximum atomic E-state index is 10.4. The van der Waals surface area contributed by atoms with Crippen molar-refractivity contribution in [2.24, 2.45) is 5.92 Å². The molecule has 8 rings (SSSR count). The third-order valence-electron chi connectivity index (χ3n) is 9.68. The Labute approximate surface area is 275 Å². The maximum absolute atomic E-state index is 10.4. The highest BCUT2D eigenvalue weighted by Crippen LogP contribution is 2.44. The topological polar surface area (TPSA) is 33.6 Å². The normalized spacial score (nSPS) is 12.8. The summed E-state index contributed by atoms with van der Waals surface area (Å²) in [6, 6.07) is 52.1. The van der Waals surface area contributed by atoms with Gasteiger partial charge in [-0.1, -0.05) is 117 Å². The first kappa shape index (κ1) is 28.6. The van der Waals surface area contributed by atoms with Crippen LogP contribution in [0.25, 0.3) is 60.6 Å². The summed E-state index contributed by atoms with van der Waals surface area (Å²) in [6.07, 6.45) is 2.27. The van der Waals surface area contributed by atoms with E-state index in [1.165, 1.54) is 49.4 Å². The highest BCUT2D eigenvalue weighted by molar-refractivity contribution is 6.10. The van der Waals surface area contributed by atoms with Gasteiger partial charge in [-0.2, -0.15) is 5.26 Å². The van der Waals surface area contributed by atoms with Crippen LogP contribution in [0, 0.1) is 17.2 Å². The predicted molar refractivity (Wildman–Crippen MR) is 198 cm³/mol. The highest BCUT2D eigenvalue weighted by Gasteiger charge is 2.27. The van der Waals surface area contributed by atoms with Crippen LogP contribution in [0.3, 0.4) is 0 Å². The summed E-state index contributed by atoms with van der Waals surface area (Å²) in [5.74, 6) is 0.415. The van der Waals surface area contributed by atoms with Crippen LogP contribution in [0.1, 0.15) is 43.4 Å². The van der Waals surface area contributed by atoms with Crippen molar-refractivity contribution in [2.75, 3.05) is 0 Å². The van der Waals surface area contributed by atoms with Gasteiger partial charge in [-0.05, 0) is 72.0 Å². The van der Waals surface area contributed by atoms with Gasteiger partial charge in [0.1, 0.15) is 6.07 Å². The molecule has 3 heteroatoms. The molecule has 1 unspecified atom stereocenters. The molecular weight excluding hydrogens is 571 g/mol. The number of hydrogen-bond acceptors (Lipinski definition) is 1. The highest BCUT2D eigenvalue weighted by atomic mass is 15.0. The third-order valence-corrected chi connectivity index (χ3v) is 9.68. The fraction of sp³-hybridized carbons (Fsp3) is 0.114. The zero-order valence-corrected chi connectivity index (χ0v) is 26.9. The molecule has 0 N–H and O–H groups in total. The van der Waals surface area contributed by atoms with E-state index in [2.05, 4.69) is 176 Å². The van der Waals surface area contributed by atoms with Gasteiger partial charge in [0.05, 0.1) is 33.3 Å². The molecule has 0 aliphatic heterocycles. The van der Waals surface area contributed by atoms with Gasteiger partial charge in [-0.15, -0.1) is 0 Å². The minimum absolute atomic E-state index is 0.107. The fourth-order valence-electron chi connectivity index (χ4n) is 7.72. The van der Waals surface area contributed by atoms with Crippen LogP contribution in [-0.4, -0.2) is 9.13 Å². The summed E-state index contributed by atoms with van der Waals surface area (Å²) < 4.78 is 4.70. The molecule has 2 heterocycles. The average Bonchev–Trinajstić information content (AvgIpc) is 3.63. The van der Waals surface area contributed by atoms with Crippen molar-refractivity contribution >= 4 is 49.2 Å². The molecule has 226 valence electrons. The summed E-state index contributed by atoms with van der Waals surface area (Å²) in [4.78, 5) is 0. The number of para-hydroxylation sites is 5. The van der Waals surface area contributed by atoms with Crippen LogP contribution in [0.4, 0.5) is 0 Å². The standard InChI is InChI=1S/C44H35N3/c1-4-32(30-25-26-31(28-45)43(27-30)47-40-22-12-7-17-35(40)36-18-8-13-23-41(36)47)44(29(2)3)37-19-9-14-24-42(37)46-38-20-10-5-15-33(38)34-16-6-11-21-39(34)46/h4-27,29,44H,1-3H3/b32-4-. The zero-order valence-electron chi connectivity index (χ0n) is 26.9. The Morgan fingerprint density at radius 3 is 1.49 bits per heavy atom. The first-order valence-corrected chi connectivity index (χ1v) is 16.4. The van der Waals surface area contributed by atoms with E-state index in [0.717, 1.165) is 22.3 Å². The van der Waals surface area contributed by atoms with E-state index in [1.807, 2.05) is 6.07 Å². The summed E-state index contributed by atoms with van der Waals surface area (Å²) >= 11 is 0. The number of benzene rings is 6. The Morgan fingerprint density at radius 2 is 1.02 bits per heavy atom. The van der Waals surface area contributed by atoms with E-state index < -0.39 is 0 Å². The number of allylic oxidation sites excluding steroid dienone is 2. The largest absolute Gasteiger partial charge is 0.309 e. The molecular formula is C44H35N3. The van der Waals surface area contributed by atoms with E-state index in [1.54, 1.807) is 0 Å². The van der Waals surface area contributed by atoms with Crippen LogP contribution in [-0.2, 0) is 0 Å². The Kier molecular flexibility index (Phi) is 7.00. The van der Waals surface area contributed by atoms with Gasteiger partial charge in [-0.25, -0.2) is 0 Å². The van der Waals surface area contributed by atoms with Gasteiger partial charge < -0.3 is 9.13 Å². The maximum Gasteiger partial charge on any atom is 0.101 e. The van der Waals surface area contributed by atoms with Gasteiger partial charge >= 0.3 is 0 Å². The van der Waals surface area contributed by atoms with Crippen LogP contribution in [0.15, 0.2) is 146 Å². The summed E-state index contributed by atoms with van der Waals surface area (Å²) in [7, 11) is 0. The first-order valence-electron chi connectivity index (χ1n) is 16.4. The molecule has 0 aliphatic carbocycles. The minimum Gasteiger partial charge on any atom is -0.309 e. The van der Waals surface area contributed by atoms with E-state index in [9.17, 15) is 5.26 Å². The molecule has 3 nitrogen and oxygen atoms in total. The summed E-state index contributed by atoms with van der Waals surface area (Å²) in [6.45, 7) is 6.77. The second-order valence-corrected chi connectivity index (χ2v) is 12.6. The number of aromatic nitrogens is 2. The molecule has 47 heavy (non-hydrogen) atoms. The Balaban J connectivity index is 1.34. The van der Waals surface area contributed by atoms with Crippen molar-refractivity contribution in [1.82, 2.24) is 9.13 Å². The van der Waals surface area contributed by atoms with Crippen molar-refractivity contribution in [3.05, 3.63) is 162 Å². The molecule has 0 saturated carbocycles. The lowest BCUT2D eigenvalue weighted by Gasteiger charge is -2.28. The quantitative estimate of drug-likeness (QED) is 0.186. The number of hydrogen-bond donors (Lipinski definition) is 0. The Morgan fingerprint density at radius 1 is 0.574 bits per heavy atom.